The van der Waals surface area contributed by atoms with Gasteiger partial charge in [0.2, 0.25) is 0 Å². The maximum absolute atomic E-state index is 12.2. The number of amides is 1. The molecule has 0 saturated carbocycles. The SMILES string of the molecule is O=C(Nc1cccc2n[se]nc12)c1cnc(Cl)c(Cl)c1. The molecule has 0 radical (unpaired) electrons. The van der Waals surface area contributed by atoms with E-state index in [1.165, 1.54) is 12.3 Å². The molecule has 0 aliphatic carbocycles. The standard InChI is InChI=1S/C12H6Cl2N4OSe/c13-7-4-6(5-15-11(7)14)12(19)16-8-2-1-3-9-10(8)18-20-17-9/h1-5H,(H,16,19). The van der Waals surface area contributed by atoms with E-state index >= 15 is 0 Å². The van der Waals surface area contributed by atoms with Crippen molar-refractivity contribution in [3.8, 4) is 0 Å². The summed E-state index contributed by atoms with van der Waals surface area (Å²) in [4.78, 5) is 16.0. The number of fused-ring (bicyclic) bond motifs is 1. The molecule has 0 fully saturated rings. The van der Waals surface area contributed by atoms with E-state index in [0.29, 0.717) is 16.8 Å². The predicted octanol–water partition coefficient (Wildman–Crippen LogP) is 2.64. The Kier molecular flexibility index (Phi) is 3.72. The molecule has 0 aliphatic rings. The second-order valence-corrected chi connectivity index (χ2v) is 5.76. The molecule has 5 nitrogen and oxygen atoms in total. The van der Waals surface area contributed by atoms with Crippen molar-refractivity contribution in [2.24, 2.45) is 0 Å². The molecule has 3 aromatic rings. The number of pyridine rings is 1. The quantitative estimate of drug-likeness (QED) is 0.555. The summed E-state index contributed by atoms with van der Waals surface area (Å²) in [6.07, 6.45) is 1.37. The number of benzene rings is 1. The maximum atomic E-state index is 12.2. The molecule has 0 atom stereocenters. The summed E-state index contributed by atoms with van der Waals surface area (Å²) in [5.41, 5.74) is 2.48. The van der Waals surface area contributed by atoms with Gasteiger partial charge in [0.05, 0.1) is 0 Å². The van der Waals surface area contributed by atoms with Gasteiger partial charge in [0.1, 0.15) is 0 Å². The van der Waals surface area contributed by atoms with E-state index in [1.54, 1.807) is 6.07 Å². The summed E-state index contributed by atoms with van der Waals surface area (Å²) in [5.74, 6) is -0.320. The van der Waals surface area contributed by atoms with Gasteiger partial charge in [-0.25, -0.2) is 0 Å². The Morgan fingerprint density at radius 2 is 2.10 bits per heavy atom. The van der Waals surface area contributed by atoms with Crippen LogP contribution in [0.4, 0.5) is 5.69 Å². The number of nitrogens with one attached hydrogen (secondary N) is 1. The Morgan fingerprint density at radius 1 is 1.25 bits per heavy atom. The molecule has 0 unspecified atom stereocenters. The van der Waals surface area contributed by atoms with Gasteiger partial charge in [-0.15, -0.1) is 0 Å². The molecule has 0 aliphatic heterocycles. The van der Waals surface area contributed by atoms with E-state index in [4.69, 9.17) is 23.2 Å². The van der Waals surface area contributed by atoms with Crippen LogP contribution in [-0.4, -0.2) is 33.8 Å². The fourth-order valence-corrected chi connectivity index (χ4v) is 3.07. The average molecular weight is 372 g/mol. The van der Waals surface area contributed by atoms with E-state index < -0.39 is 0 Å². The summed E-state index contributed by atoms with van der Waals surface area (Å²) >= 11 is 11.4. The van der Waals surface area contributed by atoms with Crippen LogP contribution in [0.15, 0.2) is 30.5 Å². The van der Waals surface area contributed by atoms with Gasteiger partial charge in [-0.05, 0) is 0 Å². The Bertz CT molecular complexity index is 805. The van der Waals surface area contributed by atoms with Crippen LogP contribution in [0.25, 0.3) is 11.0 Å². The van der Waals surface area contributed by atoms with E-state index in [2.05, 4.69) is 18.3 Å². The molecule has 2 aromatic heterocycles. The van der Waals surface area contributed by atoms with Crippen LogP contribution in [-0.2, 0) is 0 Å². The Morgan fingerprint density at radius 3 is 2.90 bits per heavy atom. The van der Waals surface area contributed by atoms with Crippen LogP contribution in [0.3, 0.4) is 0 Å². The van der Waals surface area contributed by atoms with Crippen molar-refractivity contribution in [1.82, 2.24) is 12.9 Å². The first kappa shape index (κ1) is 13.5. The topological polar surface area (TPSA) is 67.8 Å². The van der Waals surface area contributed by atoms with Gasteiger partial charge in [-0.1, -0.05) is 0 Å². The molecule has 0 spiro atoms. The zero-order valence-electron chi connectivity index (χ0n) is 9.80. The van der Waals surface area contributed by atoms with Gasteiger partial charge >= 0.3 is 130 Å². The number of nitrogens with zero attached hydrogens (tertiary/aromatic N) is 3. The van der Waals surface area contributed by atoms with Crippen molar-refractivity contribution in [3.63, 3.8) is 0 Å². The Balaban J connectivity index is 1.92. The van der Waals surface area contributed by atoms with E-state index in [0.717, 1.165) is 5.52 Å². The van der Waals surface area contributed by atoms with E-state index in [1.807, 2.05) is 12.1 Å². The molecular weight excluding hydrogens is 366 g/mol. The van der Waals surface area contributed by atoms with Gasteiger partial charge in [0.25, 0.3) is 0 Å². The van der Waals surface area contributed by atoms with Gasteiger partial charge in [-0.3, -0.25) is 0 Å². The zero-order valence-corrected chi connectivity index (χ0v) is 13.0. The van der Waals surface area contributed by atoms with Crippen LogP contribution in [0.1, 0.15) is 10.4 Å². The molecule has 0 saturated heterocycles. The third-order valence-electron chi connectivity index (χ3n) is 2.59. The molecule has 0 bridgehead atoms. The number of carbonyl (C=O) groups excluding carboxylic acids is 1. The summed E-state index contributed by atoms with van der Waals surface area (Å²) in [6, 6.07) is 6.94. The molecule has 20 heavy (non-hydrogen) atoms. The molecule has 3 rings (SSSR count). The normalized spacial score (nSPS) is 10.7. The van der Waals surface area contributed by atoms with Crippen LogP contribution in [0.5, 0.6) is 0 Å². The summed E-state index contributed by atoms with van der Waals surface area (Å²) in [7, 11) is 0. The fourth-order valence-electron chi connectivity index (χ4n) is 1.65. The summed E-state index contributed by atoms with van der Waals surface area (Å²) in [5, 5.41) is 3.18. The first-order valence-corrected chi connectivity index (χ1v) is 7.77. The van der Waals surface area contributed by atoms with Crippen molar-refractivity contribution in [1.29, 1.82) is 0 Å². The van der Waals surface area contributed by atoms with Gasteiger partial charge in [-0.2, -0.15) is 0 Å². The molecule has 1 amide bonds. The summed E-state index contributed by atoms with van der Waals surface area (Å²) in [6.45, 7) is 0. The average Bonchev–Trinajstić information content (AvgIpc) is 2.91. The van der Waals surface area contributed by atoms with Crippen LogP contribution >= 0.6 is 23.2 Å². The van der Waals surface area contributed by atoms with Crippen molar-refractivity contribution in [2.45, 2.75) is 0 Å². The van der Waals surface area contributed by atoms with E-state index in [9.17, 15) is 4.79 Å². The second-order valence-electron chi connectivity index (χ2n) is 3.89. The van der Waals surface area contributed by atoms with Crippen molar-refractivity contribution in [2.75, 3.05) is 5.32 Å². The third-order valence-corrected chi connectivity index (χ3v) is 4.42. The van der Waals surface area contributed by atoms with Crippen LogP contribution in [0.2, 0.25) is 10.2 Å². The number of hydrogen-bond acceptors (Lipinski definition) is 4. The van der Waals surface area contributed by atoms with E-state index in [-0.39, 0.29) is 31.0 Å². The number of hydrogen-bond donors (Lipinski definition) is 1. The second kappa shape index (κ2) is 5.50. The Hall–Kier alpha value is -1.46. The minimum atomic E-state index is -0.320. The van der Waals surface area contributed by atoms with Gasteiger partial charge < -0.3 is 0 Å². The Labute approximate surface area is 130 Å². The summed E-state index contributed by atoms with van der Waals surface area (Å²) < 4.78 is 8.56. The fraction of sp³-hybridized carbons (Fsp3) is 0. The molecule has 2 heterocycles. The molecule has 1 aromatic carbocycles. The van der Waals surface area contributed by atoms with Gasteiger partial charge in [0.15, 0.2) is 0 Å². The monoisotopic (exact) mass is 372 g/mol. The van der Waals surface area contributed by atoms with Crippen LogP contribution in [0, 0.1) is 0 Å². The number of aromatic nitrogens is 3. The zero-order chi connectivity index (χ0) is 14.1. The van der Waals surface area contributed by atoms with Crippen molar-refractivity contribution in [3.05, 3.63) is 46.2 Å². The molecule has 1 N–H and O–H groups in total. The predicted molar refractivity (Wildman–Crippen MR) is 78.7 cm³/mol. The van der Waals surface area contributed by atoms with Crippen molar-refractivity contribution >= 4 is 60.8 Å². The molecular formula is C12H6Cl2N4OSe. The number of anilines is 1. The van der Waals surface area contributed by atoms with Gasteiger partial charge in [0, 0.05) is 0 Å². The molecule has 100 valence electrons. The number of carbonyl (C=O) groups is 1. The number of halogens is 2. The number of rotatable bonds is 2. The third kappa shape index (κ3) is 2.55. The first-order valence-electron chi connectivity index (χ1n) is 5.49. The van der Waals surface area contributed by atoms with Crippen LogP contribution < -0.4 is 5.32 Å². The first-order chi connectivity index (χ1) is 9.65. The van der Waals surface area contributed by atoms with Crippen molar-refractivity contribution < 1.29 is 4.79 Å². The molecule has 8 heteroatoms. The minimum absolute atomic E-state index is 0.145.